The van der Waals surface area contributed by atoms with Gasteiger partial charge in [0.1, 0.15) is 6.17 Å². The largest absolute Gasteiger partial charge is 0.318 e. The van der Waals surface area contributed by atoms with Crippen molar-refractivity contribution in [2.24, 2.45) is 5.92 Å². The lowest BCUT2D eigenvalue weighted by Gasteiger charge is -2.48. The highest BCUT2D eigenvalue weighted by molar-refractivity contribution is 5.84. The molecule has 1 aromatic carbocycles. The van der Waals surface area contributed by atoms with E-state index in [1.165, 1.54) is 12.0 Å². The summed E-state index contributed by atoms with van der Waals surface area (Å²) in [4.78, 5) is 29.4. The molecule has 3 aliphatic rings. The molecule has 0 radical (unpaired) electrons. The normalized spacial score (nSPS) is 25.0. The number of benzene rings is 1. The van der Waals surface area contributed by atoms with Crippen molar-refractivity contribution >= 4 is 11.8 Å². The molecule has 1 aromatic rings. The van der Waals surface area contributed by atoms with Crippen LogP contribution in [0.3, 0.4) is 0 Å². The Labute approximate surface area is 137 Å². The van der Waals surface area contributed by atoms with E-state index >= 15 is 0 Å². The maximum absolute atomic E-state index is 13.1. The number of rotatable bonds is 1. The molecule has 1 aliphatic carbocycles. The van der Waals surface area contributed by atoms with Gasteiger partial charge in [0, 0.05) is 25.4 Å². The van der Waals surface area contributed by atoms with Crippen molar-refractivity contribution < 1.29 is 9.59 Å². The van der Waals surface area contributed by atoms with Gasteiger partial charge in [0.25, 0.3) is 0 Å². The van der Waals surface area contributed by atoms with Gasteiger partial charge < -0.3 is 9.80 Å². The van der Waals surface area contributed by atoms with Crippen LogP contribution in [0, 0.1) is 5.92 Å². The Morgan fingerprint density at radius 2 is 1.78 bits per heavy atom. The molecule has 2 heterocycles. The summed E-state index contributed by atoms with van der Waals surface area (Å²) in [6.45, 7) is 1.30. The fraction of sp³-hybridized carbons (Fsp3) is 0.579. The average molecular weight is 312 g/mol. The molecule has 0 aromatic heterocycles. The maximum atomic E-state index is 13.1. The fourth-order valence-electron chi connectivity index (χ4n) is 4.44. The standard InChI is InChI=1S/C19H24N2O2/c22-17-11-13-21(19(23)15-7-2-1-3-8-15)18-16-9-5-4-6-14(16)10-12-20(17)18/h4-6,9,15,18H,1-3,7-8,10-13H2. The smallest absolute Gasteiger partial charge is 0.227 e. The highest BCUT2D eigenvalue weighted by Crippen LogP contribution is 2.38. The zero-order valence-electron chi connectivity index (χ0n) is 13.5. The third-order valence-electron chi connectivity index (χ3n) is 5.67. The fourth-order valence-corrected chi connectivity index (χ4v) is 4.44. The third kappa shape index (κ3) is 2.54. The number of fused-ring (bicyclic) bond motifs is 3. The van der Waals surface area contributed by atoms with Crippen molar-refractivity contribution in [3.05, 3.63) is 35.4 Å². The first-order valence-electron chi connectivity index (χ1n) is 8.93. The van der Waals surface area contributed by atoms with E-state index in [2.05, 4.69) is 12.1 Å². The van der Waals surface area contributed by atoms with Crippen molar-refractivity contribution in [1.29, 1.82) is 0 Å². The third-order valence-corrected chi connectivity index (χ3v) is 5.67. The second-order valence-corrected chi connectivity index (χ2v) is 7.03. The minimum absolute atomic E-state index is 0.160. The van der Waals surface area contributed by atoms with Crippen LogP contribution in [0.2, 0.25) is 0 Å². The summed E-state index contributed by atoms with van der Waals surface area (Å²) in [5, 5.41) is 0. The molecule has 2 amide bonds. The van der Waals surface area contributed by atoms with Gasteiger partial charge in [-0.1, -0.05) is 43.5 Å². The molecule has 4 nitrogen and oxygen atoms in total. The van der Waals surface area contributed by atoms with Crippen molar-refractivity contribution in [2.45, 2.75) is 51.1 Å². The number of carbonyl (C=O) groups is 2. The summed E-state index contributed by atoms with van der Waals surface area (Å²) in [6, 6.07) is 8.29. The van der Waals surface area contributed by atoms with Crippen LogP contribution in [0.5, 0.6) is 0 Å². The summed E-state index contributed by atoms with van der Waals surface area (Å²) < 4.78 is 0. The van der Waals surface area contributed by atoms with Crippen molar-refractivity contribution in [3.8, 4) is 0 Å². The molecule has 0 N–H and O–H groups in total. The molecular formula is C19H24N2O2. The van der Waals surface area contributed by atoms with Crippen LogP contribution in [0.25, 0.3) is 0 Å². The van der Waals surface area contributed by atoms with E-state index in [9.17, 15) is 9.59 Å². The number of hydrogen-bond donors (Lipinski definition) is 0. The van der Waals surface area contributed by atoms with E-state index < -0.39 is 0 Å². The molecular weight excluding hydrogens is 288 g/mol. The van der Waals surface area contributed by atoms with Crippen LogP contribution in [-0.4, -0.2) is 34.7 Å². The molecule has 23 heavy (non-hydrogen) atoms. The van der Waals surface area contributed by atoms with Crippen LogP contribution in [0.4, 0.5) is 0 Å². The molecule has 4 heteroatoms. The molecule has 0 spiro atoms. The molecule has 1 atom stereocenters. The van der Waals surface area contributed by atoms with Gasteiger partial charge in [0.15, 0.2) is 0 Å². The van der Waals surface area contributed by atoms with E-state index in [4.69, 9.17) is 0 Å². The monoisotopic (exact) mass is 312 g/mol. The maximum Gasteiger partial charge on any atom is 0.227 e. The minimum Gasteiger partial charge on any atom is -0.318 e. The molecule has 1 saturated heterocycles. The first-order valence-corrected chi connectivity index (χ1v) is 8.93. The van der Waals surface area contributed by atoms with Gasteiger partial charge in [0.05, 0.1) is 0 Å². The summed E-state index contributed by atoms with van der Waals surface area (Å²) in [5.41, 5.74) is 2.43. The average Bonchev–Trinajstić information content (AvgIpc) is 2.62. The Balaban J connectivity index is 1.67. The first kappa shape index (κ1) is 14.7. The summed E-state index contributed by atoms with van der Waals surface area (Å²) in [5.74, 6) is 0.619. The van der Waals surface area contributed by atoms with Crippen molar-refractivity contribution in [3.63, 3.8) is 0 Å². The second kappa shape index (κ2) is 5.99. The van der Waals surface area contributed by atoms with Crippen LogP contribution in [-0.2, 0) is 16.0 Å². The van der Waals surface area contributed by atoms with Crippen LogP contribution in [0.1, 0.15) is 55.8 Å². The second-order valence-electron chi connectivity index (χ2n) is 7.03. The highest BCUT2D eigenvalue weighted by atomic mass is 16.2. The zero-order chi connectivity index (χ0) is 15.8. The van der Waals surface area contributed by atoms with Gasteiger partial charge in [0.2, 0.25) is 11.8 Å². The molecule has 2 aliphatic heterocycles. The lowest BCUT2D eigenvalue weighted by atomic mass is 9.87. The van der Waals surface area contributed by atoms with Crippen LogP contribution in [0.15, 0.2) is 24.3 Å². The number of nitrogens with zero attached hydrogens (tertiary/aromatic N) is 2. The van der Waals surface area contributed by atoms with Gasteiger partial charge in [-0.3, -0.25) is 9.59 Å². The Morgan fingerprint density at radius 1 is 1.00 bits per heavy atom. The number of carbonyl (C=O) groups excluding carboxylic acids is 2. The lowest BCUT2D eigenvalue weighted by molar-refractivity contribution is -0.158. The van der Waals surface area contributed by atoms with E-state index in [1.54, 1.807) is 0 Å². The molecule has 4 rings (SSSR count). The molecule has 1 unspecified atom stereocenters. The van der Waals surface area contributed by atoms with Gasteiger partial charge in [-0.2, -0.15) is 0 Å². The molecule has 122 valence electrons. The summed E-state index contributed by atoms with van der Waals surface area (Å²) in [6.07, 6.45) is 6.79. The van der Waals surface area contributed by atoms with Crippen molar-refractivity contribution in [1.82, 2.24) is 9.80 Å². The molecule has 0 bridgehead atoms. The topological polar surface area (TPSA) is 40.6 Å². The van der Waals surface area contributed by atoms with E-state index in [1.807, 2.05) is 21.9 Å². The quantitative estimate of drug-likeness (QED) is 0.800. The lowest BCUT2D eigenvalue weighted by Crippen LogP contribution is -2.56. The predicted octanol–water partition coefficient (Wildman–Crippen LogP) is 2.88. The van der Waals surface area contributed by atoms with Crippen molar-refractivity contribution in [2.75, 3.05) is 13.1 Å². The van der Waals surface area contributed by atoms with Crippen LogP contribution >= 0.6 is 0 Å². The molecule has 2 fully saturated rings. The molecule has 1 saturated carbocycles. The Hall–Kier alpha value is -1.84. The Bertz CT molecular complexity index is 622. The van der Waals surface area contributed by atoms with Gasteiger partial charge in [-0.15, -0.1) is 0 Å². The van der Waals surface area contributed by atoms with Gasteiger partial charge in [-0.25, -0.2) is 0 Å². The van der Waals surface area contributed by atoms with Gasteiger partial charge >= 0.3 is 0 Å². The van der Waals surface area contributed by atoms with E-state index in [0.717, 1.165) is 44.2 Å². The van der Waals surface area contributed by atoms with Gasteiger partial charge in [-0.05, 0) is 30.4 Å². The van der Waals surface area contributed by atoms with E-state index in [-0.39, 0.29) is 23.9 Å². The summed E-state index contributed by atoms with van der Waals surface area (Å²) >= 11 is 0. The van der Waals surface area contributed by atoms with Crippen LogP contribution < -0.4 is 0 Å². The Morgan fingerprint density at radius 3 is 2.61 bits per heavy atom. The highest BCUT2D eigenvalue weighted by Gasteiger charge is 2.42. The SMILES string of the molecule is O=C1CCN(C(=O)C2CCCCC2)C2c3ccccc3CCN12. The first-order chi connectivity index (χ1) is 11.3. The van der Waals surface area contributed by atoms with E-state index in [0.29, 0.717) is 13.0 Å². The number of amides is 2. The zero-order valence-corrected chi connectivity index (χ0v) is 13.5. The minimum atomic E-state index is -0.171. The summed E-state index contributed by atoms with van der Waals surface area (Å²) in [7, 11) is 0. The predicted molar refractivity (Wildman–Crippen MR) is 87.5 cm³/mol. The number of hydrogen-bond acceptors (Lipinski definition) is 2. The Kier molecular flexibility index (Phi) is 3.83.